The lowest BCUT2D eigenvalue weighted by Crippen LogP contribution is -2.42. The van der Waals surface area contributed by atoms with Crippen molar-refractivity contribution in [3.8, 4) is 0 Å². The number of hydrogen-bond acceptors (Lipinski definition) is 7. The van der Waals surface area contributed by atoms with Crippen LogP contribution in [0.2, 0.25) is 0 Å². The first-order chi connectivity index (χ1) is 14.6. The Hall–Kier alpha value is -3.82. The number of non-ortho nitro benzene ring substituents is 1. The van der Waals surface area contributed by atoms with E-state index >= 15 is 0 Å². The van der Waals surface area contributed by atoms with Crippen LogP contribution in [0.15, 0.2) is 53.6 Å². The van der Waals surface area contributed by atoms with Crippen molar-refractivity contribution in [2.24, 2.45) is 11.0 Å². The van der Waals surface area contributed by atoms with Crippen LogP contribution in [0.5, 0.6) is 0 Å². The third kappa shape index (κ3) is 4.85. The number of hydrogen-bond donors (Lipinski definition) is 1. The third-order valence-corrected chi connectivity index (χ3v) is 5.08. The molecule has 0 aromatic heterocycles. The number of rotatable bonds is 6. The van der Waals surface area contributed by atoms with Crippen LogP contribution in [-0.4, -0.2) is 38.4 Å². The van der Waals surface area contributed by atoms with E-state index in [0.717, 1.165) is 11.6 Å². The number of carbonyl (C=O) groups excluding carboxylic acids is 1. The number of hydrazone groups is 1. The summed E-state index contributed by atoms with van der Waals surface area (Å²) in [6, 6.07) is 12.6. The molecule has 0 bridgehead atoms. The van der Waals surface area contributed by atoms with Gasteiger partial charge in [-0.1, -0.05) is 30.3 Å². The predicted octanol–water partition coefficient (Wildman–Crippen LogP) is 3.97. The second kappa shape index (κ2) is 8.50. The SMILES string of the molecule is CC(C)(C)N1C[C@H](/C(=N/Nc2ccc([N+](=O)[O-])cc2[N+](=O)[O-])c2ccccc2)CC1=O. The molecule has 162 valence electrons. The average molecular weight is 425 g/mol. The zero-order chi connectivity index (χ0) is 22.8. The Labute approximate surface area is 178 Å². The molecule has 0 saturated carbocycles. The number of nitro benzene ring substituents is 2. The molecule has 10 nitrogen and oxygen atoms in total. The molecule has 1 aliphatic heterocycles. The van der Waals surface area contributed by atoms with Gasteiger partial charge in [0.05, 0.1) is 21.6 Å². The Morgan fingerprint density at radius 3 is 2.32 bits per heavy atom. The van der Waals surface area contributed by atoms with E-state index in [1.54, 1.807) is 4.90 Å². The Morgan fingerprint density at radius 2 is 1.77 bits per heavy atom. The highest BCUT2D eigenvalue weighted by molar-refractivity contribution is 6.05. The third-order valence-electron chi connectivity index (χ3n) is 5.08. The van der Waals surface area contributed by atoms with Crippen molar-refractivity contribution in [3.63, 3.8) is 0 Å². The van der Waals surface area contributed by atoms with Gasteiger partial charge in [-0.2, -0.15) is 5.10 Å². The molecule has 1 aliphatic rings. The van der Waals surface area contributed by atoms with Gasteiger partial charge in [-0.15, -0.1) is 0 Å². The first-order valence-electron chi connectivity index (χ1n) is 9.70. The van der Waals surface area contributed by atoms with Crippen molar-refractivity contribution in [3.05, 3.63) is 74.3 Å². The summed E-state index contributed by atoms with van der Waals surface area (Å²) in [5.74, 6) is -0.193. The molecule has 1 atom stereocenters. The summed E-state index contributed by atoms with van der Waals surface area (Å²) in [5, 5.41) is 26.8. The molecule has 3 rings (SSSR count). The average Bonchev–Trinajstić information content (AvgIpc) is 3.10. The molecule has 0 spiro atoms. The molecule has 1 saturated heterocycles. The summed E-state index contributed by atoms with van der Waals surface area (Å²) in [6.45, 7) is 6.36. The number of nitrogens with one attached hydrogen (secondary N) is 1. The van der Waals surface area contributed by atoms with E-state index in [1.807, 2.05) is 51.1 Å². The van der Waals surface area contributed by atoms with E-state index in [0.29, 0.717) is 12.3 Å². The molecule has 0 radical (unpaired) electrons. The topological polar surface area (TPSA) is 131 Å². The highest BCUT2D eigenvalue weighted by atomic mass is 16.6. The van der Waals surface area contributed by atoms with E-state index in [2.05, 4.69) is 10.5 Å². The maximum atomic E-state index is 12.6. The minimum absolute atomic E-state index is 0.0162. The van der Waals surface area contributed by atoms with Gasteiger partial charge in [0, 0.05) is 30.5 Å². The van der Waals surface area contributed by atoms with E-state index in [-0.39, 0.29) is 35.2 Å². The van der Waals surface area contributed by atoms with Gasteiger partial charge in [0.15, 0.2) is 0 Å². The standard InChI is InChI=1S/C21H23N5O5/c1-21(2,3)24-13-15(11-19(24)27)20(14-7-5-4-6-8-14)23-22-17-10-9-16(25(28)29)12-18(17)26(30)31/h4-10,12,15,22H,11,13H2,1-3H3/b23-20+/t15-/m1/s1. The van der Waals surface area contributed by atoms with Gasteiger partial charge in [0.1, 0.15) is 5.69 Å². The van der Waals surface area contributed by atoms with Gasteiger partial charge >= 0.3 is 5.69 Å². The minimum atomic E-state index is -0.701. The van der Waals surface area contributed by atoms with Crippen molar-refractivity contribution in [2.45, 2.75) is 32.7 Å². The summed E-state index contributed by atoms with van der Waals surface area (Å²) in [7, 11) is 0. The molecule has 1 heterocycles. The second-order valence-corrected chi connectivity index (χ2v) is 8.27. The minimum Gasteiger partial charge on any atom is -0.337 e. The number of nitro groups is 2. The highest BCUT2D eigenvalue weighted by Gasteiger charge is 2.38. The molecule has 2 aromatic rings. The zero-order valence-corrected chi connectivity index (χ0v) is 17.4. The summed E-state index contributed by atoms with van der Waals surface area (Å²) < 4.78 is 0. The Balaban J connectivity index is 1.98. The first kappa shape index (κ1) is 21.9. The van der Waals surface area contributed by atoms with Crippen LogP contribution in [0.4, 0.5) is 17.1 Å². The predicted molar refractivity (Wildman–Crippen MR) is 116 cm³/mol. The van der Waals surface area contributed by atoms with Crippen molar-refractivity contribution >= 4 is 28.7 Å². The number of nitrogens with zero attached hydrogens (tertiary/aromatic N) is 4. The van der Waals surface area contributed by atoms with Gasteiger partial charge in [-0.25, -0.2) is 0 Å². The van der Waals surface area contributed by atoms with Gasteiger partial charge in [-0.05, 0) is 32.4 Å². The van der Waals surface area contributed by atoms with Gasteiger partial charge < -0.3 is 4.90 Å². The lowest BCUT2D eigenvalue weighted by atomic mass is 9.95. The summed E-state index contributed by atoms with van der Waals surface area (Å²) in [6.07, 6.45) is 0.273. The largest absolute Gasteiger partial charge is 0.337 e. The van der Waals surface area contributed by atoms with Crippen LogP contribution in [0.25, 0.3) is 0 Å². The van der Waals surface area contributed by atoms with Crippen LogP contribution in [0.1, 0.15) is 32.8 Å². The molecular formula is C21H23N5O5. The van der Waals surface area contributed by atoms with Gasteiger partial charge in [-0.3, -0.25) is 30.4 Å². The van der Waals surface area contributed by atoms with Crippen LogP contribution < -0.4 is 5.43 Å². The van der Waals surface area contributed by atoms with Crippen molar-refractivity contribution < 1.29 is 14.6 Å². The monoisotopic (exact) mass is 425 g/mol. The summed E-state index contributed by atoms with van der Waals surface area (Å²) in [4.78, 5) is 35.3. The highest BCUT2D eigenvalue weighted by Crippen LogP contribution is 2.31. The van der Waals surface area contributed by atoms with E-state index in [4.69, 9.17) is 0 Å². The molecule has 0 unspecified atom stereocenters. The number of anilines is 1. The lowest BCUT2D eigenvalue weighted by Gasteiger charge is -2.32. The molecule has 1 fully saturated rings. The van der Waals surface area contributed by atoms with Crippen LogP contribution in [0, 0.1) is 26.1 Å². The smallest absolute Gasteiger partial charge is 0.301 e. The van der Waals surface area contributed by atoms with Crippen LogP contribution in [-0.2, 0) is 4.79 Å². The molecule has 1 N–H and O–H groups in total. The number of carbonyl (C=O) groups is 1. The Morgan fingerprint density at radius 1 is 1.10 bits per heavy atom. The van der Waals surface area contributed by atoms with Crippen molar-refractivity contribution in [1.82, 2.24) is 4.90 Å². The molecule has 10 heteroatoms. The summed E-state index contributed by atoms with van der Waals surface area (Å²) >= 11 is 0. The lowest BCUT2D eigenvalue weighted by molar-refractivity contribution is -0.393. The Kier molecular flexibility index (Phi) is 6.00. The first-order valence-corrected chi connectivity index (χ1v) is 9.70. The second-order valence-electron chi connectivity index (χ2n) is 8.27. The van der Waals surface area contributed by atoms with Crippen LogP contribution >= 0.6 is 0 Å². The van der Waals surface area contributed by atoms with E-state index in [1.165, 1.54) is 12.1 Å². The zero-order valence-electron chi connectivity index (χ0n) is 17.4. The number of likely N-dealkylation sites (tertiary alicyclic amines) is 1. The number of benzene rings is 2. The maximum Gasteiger partial charge on any atom is 0.301 e. The summed E-state index contributed by atoms with van der Waals surface area (Å²) in [5.41, 5.74) is 2.93. The van der Waals surface area contributed by atoms with E-state index in [9.17, 15) is 25.0 Å². The van der Waals surface area contributed by atoms with Gasteiger partial charge in [0.25, 0.3) is 5.69 Å². The maximum absolute atomic E-state index is 12.6. The van der Waals surface area contributed by atoms with Crippen molar-refractivity contribution in [1.29, 1.82) is 0 Å². The van der Waals surface area contributed by atoms with Gasteiger partial charge in [0.2, 0.25) is 5.91 Å². The molecule has 31 heavy (non-hydrogen) atoms. The molecule has 0 aliphatic carbocycles. The normalized spacial score (nSPS) is 17.0. The van der Waals surface area contributed by atoms with E-state index < -0.39 is 15.5 Å². The number of amides is 1. The molecule has 1 amide bonds. The fraction of sp³-hybridized carbons (Fsp3) is 0.333. The van der Waals surface area contributed by atoms with Crippen LogP contribution in [0.3, 0.4) is 0 Å². The quantitative estimate of drug-likeness (QED) is 0.423. The Bertz CT molecular complexity index is 1050. The fourth-order valence-corrected chi connectivity index (χ4v) is 3.54. The fourth-order valence-electron chi connectivity index (χ4n) is 3.54. The van der Waals surface area contributed by atoms with Crippen molar-refractivity contribution in [2.75, 3.05) is 12.0 Å². The molecule has 2 aromatic carbocycles. The molecular weight excluding hydrogens is 402 g/mol.